The summed E-state index contributed by atoms with van der Waals surface area (Å²) in [7, 11) is 0. The number of carbonyl (C=O) groups is 2. The summed E-state index contributed by atoms with van der Waals surface area (Å²) in [5.41, 5.74) is 3.22. The van der Waals surface area contributed by atoms with Crippen molar-refractivity contribution < 1.29 is 9.59 Å². The Morgan fingerprint density at radius 2 is 1.64 bits per heavy atom. The molecule has 2 amide bonds. The number of rotatable bonds is 3. The molecule has 0 spiro atoms. The lowest BCUT2D eigenvalue weighted by atomic mass is 9.87. The molecule has 1 heterocycles. The van der Waals surface area contributed by atoms with Gasteiger partial charge in [-0.1, -0.05) is 31.4 Å². The third-order valence-corrected chi connectivity index (χ3v) is 5.99. The lowest BCUT2D eigenvalue weighted by Gasteiger charge is -2.34. The molecular weight excluding hydrogens is 312 g/mol. The Bertz CT molecular complexity index is 627. The minimum absolute atomic E-state index is 0.00955. The van der Waals surface area contributed by atoms with Crippen molar-refractivity contribution in [1.29, 1.82) is 0 Å². The number of nitrogens with zero attached hydrogens (tertiary/aromatic N) is 1. The van der Waals surface area contributed by atoms with E-state index in [2.05, 4.69) is 18.3 Å². The number of anilines is 1. The molecule has 4 nitrogen and oxygen atoms in total. The van der Waals surface area contributed by atoms with E-state index in [4.69, 9.17) is 0 Å². The van der Waals surface area contributed by atoms with Crippen molar-refractivity contribution in [3.63, 3.8) is 0 Å². The quantitative estimate of drug-likeness (QED) is 0.900. The summed E-state index contributed by atoms with van der Waals surface area (Å²) >= 11 is 0. The van der Waals surface area contributed by atoms with Crippen molar-refractivity contribution in [1.82, 2.24) is 4.90 Å². The van der Waals surface area contributed by atoms with E-state index in [1.807, 2.05) is 24.0 Å². The van der Waals surface area contributed by atoms with Crippen molar-refractivity contribution in [2.75, 3.05) is 18.4 Å². The minimum Gasteiger partial charge on any atom is -0.342 e. The molecule has 25 heavy (non-hydrogen) atoms. The highest BCUT2D eigenvalue weighted by molar-refractivity contribution is 5.93. The first-order valence-corrected chi connectivity index (χ1v) is 9.72. The highest BCUT2D eigenvalue weighted by atomic mass is 16.2. The van der Waals surface area contributed by atoms with E-state index < -0.39 is 0 Å². The maximum absolute atomic E-state index is 12.6. The van der Waals surface area contributed by atoms with Crippen molar-refractivity contribution in [3.8, 4) is 0 Å². The summed E-state index contributed by atoms with van der Waals surface area (Å²) in [6.07, 6.45) is 7.28. The Morgan fingerprint density at radius 1 is 0.960 bits per heavy atom. The number of nitrogens with one attached hydrogen (secondary N) is 1. The first kappa shape index (κ1) is 18.0. The van der Waals surface area contributed by atoms with E-state index in [0.29, 0.717) is 5.91 Å². The van der Waals surface area contributed by atoms with E-state index in [9.17, 15) is 9.59 Å². The van der Waals surface area contributed by atoms with Crippen molar-refractivity contribution in [2.45, 2.75) is 58.8 Å². The first-order chi connectivity index (χ1) is 12.1. The molecular formula is C21H30N2O2. The van der Waals surface area contributed by atoms with Gasteiger partial charge in [0.15, 0.2) is 0 Å². The van der Waals surface area contributed by atoms with Gasteiger partial charge < -0.3 is 10.2 Å². The highest BCUT2D eigenvalue weighted by Crippen LogP contribution is 2.28. The second-order valence-corrected chi connectivity index (χ2v) is 7.67. The Kier molecular flexibility index (Phi) is 5.77. The first-order valence-electron chi connectivity index (χ1n) is 9.72. The summed E-state index contributed by atoms with van der Waals surface area (Å²) in [5.74, 6) is 0.663. The topological polar surface area (TPSA) is 49.4 Å². The summed E-state index contributed by atoms with van der Waals surface area (Å²) in [5, 5.41) is 3.09. The van der Waals surface area contributed by atoms with Gasteiger partial charge in [0.05, 0.1) is 0 Å². The Labute approximate surface area is 151 Å². The van der Waals surface area contributed by atoms with Crippen LogP contribution in [0.4, 0.5) is 5.69 Å². The molecule has 1 aromatic carbocycles. The third kappa shape index (κ3) is 4.23. The van der Waals surface area contributed by atoms with Crippen molar-refractivity contribution in [3.05, 3.63) is 29.3 Å². The molecule has 1 aliphatic carbocycles. The maximum atomic E-state index is 12.6. The zero-order valence-electron chi connectivity index (χ0n) is 15.5. The van der Waals surface area contributed by atoms with Gasteiger partial charge in [-0.25, -0.2) is 0 Å². The van der Waals surface area contributed by atoms with Gasteiger partial charge >= 0.3 is 0 Å². The van der Waals surface area contributed by atoms with E-state index in [0.717, 1.165) is 50.0 Å². The second kappa shape index (κ2) is 8.03. The van der Waals surface area contributed by atoms with Crippen LogP contribution in [0.1, 0.15) is 56.1 Å². The van der Waals surface area contributed by atoms with E-state index >= 15 is 0 Å². The van der Waals surface area contributed by atoms with Gasteiger partial charge in [-0.15, -0.1) is 0 Å². The summed E-state index contributed by atoms with van der Waals surface area (Å²) in [6, 6.07) is 5.99. The molecule has 2 aliphatic rings. The Balaban J connectivity index is 1.52. The molecule has 0 atom stereocenters. The average molecular weight is 342 g/mol. The van der Waals surface area contributed by atoms with Gasteiger partial charge in [-0.3, -0.25) is 9.59 Å². The molecule has 0 radical (unpaired) electrons. The molecule has 1 saturated carbocycles. The van der Waals surface area contributed by atoms with Gasteiger partial charge in [0.2, 0.25) is 11.8 Å². The third-order valence-electron chi connectivity index (χ3n) is 5.99. The Morgan fingerprint density at radius 3 is 2.32 bits per heavy atom. The summed E-state index contributed by atoms with van der Waals surface area (Å²) < 4.78 is 0. The molecule has 1 saturated heterocycles. The molecule has 0 bridgehead atoms. The van der Waals surface area contributed by atoms with Gasteiger partial charge in [0, 0.05) is 30.6 Å². The minimum atomic E-state index is 0.00955. The van der Waals surface area contributed by atoms with Crippen LogP contribution >= 0.6 is 0 Å². The SMILES string of the molecule is Cc1cccc(NC(=O)C2CCN(C(=O)C3CCCCC3)CC2)c1C. The number of benzene rings is 1. The normalized spacial score (nSPS) is 19.7. The van der Waals surface area contributed by atoms with E-state index in [1.165, 1.54) is 24.8 Å². The van der Waals surface area contributed by atoms with Gasteiger partial charge in [-0.2, -0.15) is 0 Å². The lowest BCUT2D eigenvalue weighted by Crippen LogP contribution is -2.44. The predicted octanol–water partition coefficient (Wildman–Crippen LogP) is 4.06. The second-order valence-electron chi connectivity index (χ2n) is 7.67. The fourth-order valence-electron chi connectivity index (χ4n) is 4.09. The van der Waals surface area contributed by atoms with Crippen LogP contribution in [0.3, 0.4) is 0 Å². The molecule has 136 valence electrons. The van der Waals surface area contributed by atoms with Crippen LogP contribution in [0.15, 0.2) is 18.2 Å². The van der Waals surface area contributed by atoms with Crippen LogP contribution in [-0.4, -0.2) is 29.8 Å². The number of likely N-dealkylation sites (tertiary alicyclic amines) is 1. The summed E-state index contributed by atoms with van der Waals surface area (Å²) in [6.45, 7) is 5.54. The van der Waals surface area contributed by atoms with Crippen molar-refractivity contribution in [2.24, 2.45) is 11.8 Å². The van der Waals surface area contributed by atoms with E-state index in [1.54, 1.807) is 0 Å². The number of hydrogen-bond acceptors (Lipinski definition) is 2. The number of hydrogen-bond donors (Lipinski definition) is 1. The lowest BCUT2D eigenvalue weighted by molar-refractivity contribution is -0.139. The molecule has 3 rings (SSSR count). The molecule has 4 heteroatoms. The van der Waals surface area contributed by atoms with Gasteiger partial charge in [-0.05, 0) is 56.7 Å². The van der Waals surface area contributed by atoms with E-state index in [-0.39, 0.29) is 17.7 Å². The van der Waals surface area contributed by atoms with Crippen LogP contribution in [0.2, 0.25) is 0 Å². The van der Waals surface area contributed by atoms with Gasteiger partial charge in [0.25, 0.3) is 0 Å². The number of aryl methyl sites for hydroxylation is 1. The van der Waals surface area contributed by atoms with Crippen LogP contribution in [0, 0.1) is 25.7 Å². The zero-order valence-corrected chi connectivity index (χ0v) is 15.5. The molecule has 0 unspecified atom stereocenters. The maximum Gasteiger partial charge on any atom is 0.227 e. The molecule has 1 aliphatic heterocycles. The standard InChI is InChI=1S/C21H30N2O2/c1-15-7-6-10-19(16(15)2)22-20(24)17-11-13-23(14-12-17)21(25)18-8-4-3-5-9-18/h6-7,10,17-18H,3-5,8-9,11-14H2,1-2H3,(H,22,24). The van der Waals surface area contributed by atoms with Crippen LogP contribution in [0.5, 0.6) is 0 Å². The fraction of sp³-hybridized carbons (Fsp3) is 0.619. The Hall–Kier alpha value is -1.84. The average Bonchev–Trinajstić information content (AvgIpc) is 2.65. The van der Waals surface area contributed by atoms with Crippen molar-refractivity contribution >= 4 is 17.5 Å². The number of amides is 2. The molecule has 1 aromatic rings. The van der Waals surface area contributed by atoms with Crippen LogP contribution in [0.25, 0.3) is 0 Å². The molecule has 0 aromatic heterocycles. The molecule has 2 fully saturated rings. The zero-order chi connectivity index (χ0) is 17.8. The smallest absolute Gasteiger partial charge is 0.227 e. The summed E-state index contributed by atoms with van der Waals surface area (Å²) in [4.78, 5) is 27.2. The van der Waals surface area contributed by atoms with Gasteiger partial charge in [0.1, 0.15) is 0 Å². The number of carbonyl (C=O) groups excluding carboxylic acids is 2. The largest absolute Gasteiger partial charge is 0.342 e. The fourth-order valence-corrected chi connectivity index (χ4v) is 4.09. The number of piperidine rings is 1. The highest BCUT2D eigenvalue weighted by Gasteiger charge is 2.31. The molecule has 1 N–H and O–H groups in total. The monoisotopic (exact) mass is 342 g/mol. The van der Waals surface area contributed by atoms with Crippen LogP contribution < -0.4 is 5.32 Å². The van der Waals surface area contributed by atoms with Crippen LogP contribution in [-0.2, 0) is 9.59 Å². The predicted molar refractivity (Wildman–Crippen MR) is 100 cm³/mol.